The Morgan fingerprint density at radius 3 is 2.58 bits per heavy atom. The minimum Gasteiger partial charge on any atom is -0.331 e. The molecule has 1 saturated heterocycles. The van der Waals surface area contributed by atoms with Crippen LogP contribution in [-0.2, 0) is 0 Å². The van der Waals surface area contributed by atoms with Crippen LogP contribution >= 0.6 is 0 Å². The van der Waals surface area contributed by atoms with E-state index in [-0.39, 0.29) is 23.3 Å². The maximum absolute atomic E-state index is 13.1. The van der Waals surface area contributed by atoms with Crippen LogP contribution in [-0.4, -0.2) is 22.3 Å². The van der Waals surface area contributed by atoms with Gasteiger partial charge in [0.2, 0.25) is 5.56 Å². The van der Waals surface area contributed by atoms with Crippen LogP contribution in [0.15, 0.2) is 59.4 Å². The highest BCUT2D eigenvalue weighted by Crippen LogP contribution is 2.35. The van der Waals surface area contributed by atoms with E-state index in [0.29, 0.717) is 17.6 Å². The molecule has 0 bridgehead atoms. The lowest BCUT2D eigenvalue weighted by molar-refractivity contribution is 0.0462. The molecule has 2 heterocycles. The number of benzene rings is 2. The number of aromatic amines is 1. The number of para-hydroxylation sites is 1. The summed E-state index contributed by atoms with van der Waals surface area (Å²) in [7, 11) is 0. The van der Waals surface area contributed by atoms with Gasteiger partial charge in [-0.1, -0.05) is 30.3 Å². The van der Waals surface area contributed by atoms with Crippen molar-refractivity contribution >= 4 is 16.8 Å². The van der Waals surface area contributed by atoms with Crippen LogP contribution in [0.1, 0.15) is 28.4 Å². The average Bonchev–Trinajstić information content (AvgIpc) is 2.55. The number of amides is 1. The highest BCUT2D eigenvalue weighted by molar-refractivity contribution is 6.06. The number of carbonyl (C=O) groups is 1. The van der Waals surface area contributed by atoms with Crippen LogP contribution in [0.3, 0.4) is 0 Å². The highest BCUT2D eigenvalue weighted by atomic mass is 19.1. The van der Waals surface area contributed by atoms with Gasteiger partial charge in [-0.05, 0) is 30.2 Å². The van der Waals surface area contributed by atoms with Crippen molar-refractivity contribution in [3.8, 4) is 0 Å². The zero-order chi connectivity index (χ0) is 16.7. The molecule has 1 fully saturated rings. The molecule has 1 aliphatic heterocycles. The standard InChI is InChI=1S/C19H15FN2O2/c20-13-7-5-12(6-8-13)17-9-10-22(17)19(24)15-11-18(23)21-16-4-2-1-3-14(15)16/h1-8,11,17H,9-10H2,(H,21,23)/t17-/m0/s1. The summed E-state index contributed by atoms with van der Waals surface area (Å²) < 4.78 is 13.1. The Balaban J connectivity index is 1.72. The van der Waals surface area contributed by atoms with Crippen LogP contribution in [0.4, 0.5) is 4.39 Å². The third-order valence-corrected chi connectivity index (χ3v) is 4.52. The molecule has 1 N–H and O–H groups in total. The van der Waals surface area contributed by atoms with E-state index < -0.39 is 0 Å². The summed E-state index contributed by atoms with van der Waals surface area (Å²) in [5.74, 6) is -0.464. The van der Waals surface area contributed by atoms with Crippen molar-refractivity contribution < 1.29 is 9.18 Å². The van der Waals surface area contributed by atoms with Crippen LogP contribution in [0.2, 0.25) is 0 Å². The Morgan fingerprint density at radius 1 is 1.12 bits per heavy atom. The molecule has 0 spiro atoms. The van der Waals surface area contributed by atoms with Gasteiger partial charge >= 0.3 is 0 Å². The van der Waals surface area contributed by atoms with E-state index in [2.05, 4.69) is 4.98 Å². The van der Waals surface area contributed by atoms with E-state index in [1.54, 1.807) is 23.1 Å². The van der Waals surface area contributed by atoms with Gasteiger partial charge in [-0.2, -0.15) is 0 Å². The van der Waals surface area contributed by atoms with Gasteiger partial charge in [-0.15, -0.1) is 0 Å². The Bertz CT molecular complexity index is 979. The van der Waals surface area contributed by atoms with Crippen molar-refractivity contribution in [3.63, 3.8) is 0 Å². The molecule has 1 aliphatic rings. The van der Waals surface area contributed by atoms with Gasteiger partial charge in [0.05, 0.1) is 11.6 Å². The van der Waals surface area contributed by atoms with E-state index in [4.69, 9.17) is 0 Å². The largest absolute Gasteiger partial charge is 0.331 e. The number of nitrogens with one attached hydrogen (secondary N) is 1. The molecule has 3 aromatic rings. The van der Waals surface area contributed by atoms with Crippen molar-refractivity contribution in [2.45, 2.75) is 12.5 Å². The van der Waals surface area contributed by atoms with Crippen LogP contribution in [0.25, 0.3) is 10.9 Å². The molecular weight excluding hydrogens is 307 g/mol. The van der Waals surface area contributed by atoms with E-state index in [1.807, 2.05) is 18.2 Å². The average molecular weight is 322 g/mol. The quantitative estimate of drug-likeness (QED) is 0.787. The van der Waals surface area contributed by atoms with E-state index >= 15 is 0 Å². The number of likely N-dealkylation sites (tertiary alicyclic amines) is 1. The number of carbonyl (C=O) groups excluding carboxylic acids is 1. The summed E-state index contributed by atoms with van der Waals surface area (Å²) in [5, 5.41) is 0.729. The van der Waals surface area contributed by atoms with Gasteiger partial charge in [-0.3, -0.25) is 9.59 Å². The van der Waals surface area contributed by atoms with Gasteiger partial charge < -0.3 is 9.88 Å². The fourth-order valence-corrected chi connectivity index (χ4v) is 3.20. The van der Waals surface area contributed by atoms with Crippen LogP contribution < -0.4 is 5.56 Å². The normalized spacial score (nSPS) is 16.9. The van der Waals surface area contributed by atoms with Crippen molar-refractivity contribution in [2.24, 2.45) is 0 Å². The predicted octanol–water partition coefficient (Wildman–Crippen LogP) is 3.25. The van der Waals surface area contributed by atoms with Crippen molar-refractivity contribution in [1.29, 1.82) is 0 Å². The number of nitrogens with zero attached hydrogens (tertiary/aromatic N) is 1. The molecule has 2 aromatic carbocycles. The second kappa shape index (κ2) is 5.60. The van der Waals surface area contributed by atoms with Crippen molar-refractivity contribution in [2.75, 3.05) is 6.54 Å². The van der Waals surface area contributed by atoms with E-state index in [1.165, 1.54) is 18.2 Å². The lowest BCUT2D eigenvalue weighted by atomic mass is 9.93. The minimum absolute atomic E-state index is 0.0730. The third kappa shape index (κ3) is 2.38. The zero-order valence-corrected chi connectivity index (χ0v) is 12.8. The zero-order valence-electron chi connectivity index (χ0n) is 12.8. The molecule has 4 rings (SSSR count). The maximum atomic E-state index is 13.1. The maximum Gasteiger partial charge on any atom is 0.255 e. The van der Waals surface area contributed by atoms with Crippen molar-refractivity contribution in [3.05, 3.63) is 81.9 Å². The molecule has 1 amide bonds. The number of pyridine rings is 1. The summed E-state index contributed by atoms with van der Waals surface area (Å²) >= 11 is 0. The van der Waals surface area contributed by atoms with Gasteiger partial charge in [0.1, 0.15) is 5.82 Å². The summed E-state index contributed by atoms with van der Waals surface area (Å²) in [6.07, 6.45) is 0.832. The molecule has 5 heteroatoms. The SMILES string of the molecule is O=C(c1cc(=O)[nH]c2ccccc12)N1CC[C@H]1c1ccc(F)cc1. The van der Waals surface area contributed by atoms with E-state index in [0.717, 1.165) is 17.4 Å². The molecule has 4 nitrogen and oxygen atoms in total. The summed E-state index contributed by atoms with van der Waals surface area (Å²) in [4.78, 5) is 29.3. The topological polar surface area (TPSA) is 53.2 Å². The minimum atomic E-state index is -0.295. The Hall–Kier alpha value is -2.95. The molecule has 0 aliphatic carbocycles. The second-order valence-corrected chi connectivity index (χ2v) is 5.95. The fourth-order valence-electron chi connectivity index (χ4n) is 3.20. The van der Waals surface area contributed by atoms with E-state index in [9.17, 15) is 14.0 Å². The van der Waals surface area contributed by atoms with Crippen LogP contribution in [0, 0.1) is 5.82 Å². The Morgan fingerprint density at radius 2 is 1.88 bits per heavy atom. The molecule has 0 radical (unpaired) electrons. The van der Waals surface area contributed by atoms with Gasteiger partial charge in [0.25, 0.3) is 5.91 Å². The molecule has 24 heavy (non-hydrogen) atoms. The monoisotopic (exact) mass is 322 g/mol. The number of aromatic nitrogens is 1. The Labute approximate surface area is 137 Å². The highest BCUT2D eigenvalue weighted by Gasteiger charge is 2.34. The van der Waals surface area contributed by atoms with Gasteiger partial charge in [0.15, 0.2) is 0 Å². The van der Waals surface area contributed by atoms with Gasteiger partial charge in [0, 0.05) is 23.5 Å². The molecule has 120 valence electrons. The Kier molecular flexibility index (Phi) is 3.41. The predicted molar refractivity (Wildman–Crippen MR) is 89.4 cm³/mol. The number of H-pyrrole nitrogens is 1. The number of hydrogen-bond donors (Lipinski definition) is 1. The number of fused-ring (bicyclic) bond motifs is 1. The first kappa shape index (κ1) is 14.6. The number of rotatable bonds is 2. The van der Waals surface area contributed by atoms with Crippen LogP contribution in [0.5, 0.6) is 0 Å². The second-order valence-electron chi connectivity index (χ2n) is 5.95. The molecule has 0 saturated carbocycles. The molecule has 0 unspecified atom stereocenters. The summed E-state index contributed by atoms with van der Waals surface area (Å²) in [6.45, 7) is 0.627. The van der Waals surface area contributed by atoms with Gasteiger partial charge in [-0.25, -0.2) is 4.39 Å². The molecular formula is C19H15FN2O2. The number of halogens is 1. The first-order valence-corrected chi connectivity index (χ1v) is 7.82. The molecule has 1 atom stereocenters. The number of hydrogen-bond acceptors (Lipinski definition) is 2. The molecule has 1 aromatic heterocycles. The first-order valence-electron chi connectivity index (χ1n) is 7.82. The lowest BCUT2D eigenvalue weighted by Crippen LogP contribution is -2.45. The first-order chi connectivity index (χ1) is 11.6. The lowest BCUT2D eigenvalue weighted by Gasteiger charge is -2.41. The fraction of sp³-hybridized carbons (Fsp3) is 0.158. The summed E-state index contributed by atoms with van der Waals surface area (Å²) in [5.41, 5.74) is 1.66. The van der Waals surface area contributed by atoms with Crippen molar-refractivity contribution in [1.82, 2.24) is 9.88 Å². The summed E-state index contributed by atoms with van der Waals surface area (Å²) in [6, 6.07) is 14.7. The smallest absolute Gasteiger partial charge is 0.255 e. The third-order valence-electron chi connectivity index (χ3n) is 4.52.